The third-order valence-corrected chi connectivity index (χ3v) is 2.86. The van der Waals surface area contributed by atoms with Crippen molar-refractivity contribution >= 4 is 5.97 Å². The summed E-state index contributed by atoms with van der Waals surface area (Å²) in [6.45, 7) is 4.88. The first-order valence-corrected chi connectivity index (χ1v) is 5.32. The number of carbonyl (C=O) groups excluding carboxylic acids is 1. The molecule has 0 bridgehead atoms. The van der Waals surface area contributed by atoms with Crippen LogP contribution in [0.15, 0.2) is 0 Å². The van der Waals surface area contributed by atoms with E-state index in [0.29, 0.717) is 12.5 Å². The van der Waals surface area contributed by atoms with Crippen molar-refractivity contribution in [2.24, 2.45) is 11.8 Å². The summed E-state index contributed by atoms with van der Waals surface area (Å²) in [5.74, 6) is 0.438. The van der Waals surface area contributed by atoms with Crippen LogP contribution in [0.25, 0.3) is 0 Å². The smallest absolute Gasteiger partial charge is 0.309 e. The average molecular weight is 199 g/mol. The number of hydrogen-bond donors (Lipinski definition) is 1. The predicted octanol–water partition coefficient (Wildman–Crippen LogP) is 0.174. The summed E-state index contributed by atoms with van der Waals surface area (Å²) < 4.78 is 10.6. The van der Waals surface area contributed by atoms with Crippen LogP contribution in [0.5, 0.6) is 0 Å². The van der Waals surface area contributed by atoms with Crippen molar-refractivity contribution in [3.63, 3.8) is 0 Å². The molecule has 1 heterocycles. The summed E-state index contributed by atoms with van der Waals surface area (Å²) in [5, 5.41) is 3.27. The molecule has 1 aliphatic carbocycles. The molecule has 0 amide bonds. The first-order chi connectivity index (χ1) is 6.83. The molecule has 14 heavy (non-hydrogen) atoms. The normalized spacial score (nSPS) is 36.5. The maximum Gasteiger partial charge on any atom is 0.309 e. The van der Waals surface area contributed by atoms with E-state index in [-0.39, 0.29) is 18.0 Å². The Hall–Kier alpha value is -0.610. The van der Waals surface area contributed by atoms with Gasteiger partial charge in [0.1, 0.15) is 0 Å². The van der Waals surface area contributed by atoms with E-state index >= 15 is 0 Å². The zero-order valence-electron chi connectivity index (χ0n) is 8.49. The predicted molar refractivity (Wildman–Crippen MR) is 50.8 cm³/mol. The fourth-order valence-electron chi connectivity index (χ4n) is 2.01. The molecule has 2 unspecified atom stereocenters. The third kappa shape index (κ3) is 2.07. The standard InChI is InChI=1S/C10H17NO3/c1-2-13-10(12)8-5-7(8)9-6-11-3-4-14-9/h7-9,11H,2-6H2,1H3/t7-,8?,9?/m0/s1. The first-order valence-electron chi connectivity index (χ1n) is 5.32. The Morgan fingerprint density at radius 1 is 1.64 bits per heavy atom. The van der Waals surface area contributed by atoms with Gasteiger partial charge in [-0.3, -0.25) is 4.79 Å². The van der Waals surface area contributed by atoms with Crippen LogP contribution in [-0.2, 0) is 14.3 Å². The Kier molecular flexibility index (Phi) is 3.03. The largest absolute Gasteiger partial charge is 0.466 e. The number of hydrogen-bond acceptors (Lipinski definition) is 4. The molecule has 1 N–H and O–H groups in total. The molecule has 1 saturated heterocycles. The highest BCUT2D eigenvalue weighted by Gasteiger charge is 2.49. The Labute approximate surface area is 84.0 Å². The van der Waals surface area contributed by atoms with Crippen molar-refractivity contribution < 1.29 is 14.3 Å². The van der Waals surface area contributed by atoms with Crippen molar-refractivity contribution in [3.8, 4) is 0 Å². The lowest BCUT2D eigenvalue weighted by Crippen LogP contribution is -2.40. The number of ether oxygens (including phenoxy) is 2. The van der Waals surface area contributed by atoms with Gasteiger partial charge in [-0.15, -0.1) is 0 Å². The van der Waals surface area contributed by atoms with Crippen LogP contribution in [-0.4, -0.2) is 38.4 Å². The third-order valence-electron chi connectivity index (χ3n) is 2.86. The second-order valence-electron chi connectivity index (χ2n) is 3.87. The molecule has 4 nitrogen and oxygen atoms in total. The lowest BCUT2D eigenvalue weighted by atomic mass is 10.1. The van der Waals surface area contributed by atoms with Crippen LogP contribution < -0.4 is 5.32 Å². The van der Waals surface area contributed by atoms with Gasteiger partial charge >= 0.3 is 5.97 Å². The van der Waals surface area contributed by atoms with Crippen molar-refractivity contribution in [1.82, 2.24) is 5.32 Å². The van der Waals surface area contributed by atoms with Crippen LogP contribution in [0.2, 0.25) is 0 Å². The van der Waals surface area contributed by atoms with Crippen molar-refractivity contribution in [2.45, 2.75) is 19.4 Å². The van der Waals surface area contributed by atoms with E-state index < -0.39 is 0 Å². The minimum absolute atomic E-state index is 0.0494. The van der Waals surface area contributed by atoms with E-state index in [2.05, 4.69) is 5.32 Å². The van der Waals surface area contributed by atoms with Gasteiger partial charge in [0.2, 0.25) is 0 Å². The van der Waals surface area contributed by atoms with Crippen molar-refractivity contribution in [2.75, 3.05) is 26.3 Å². The molecular weight excluding hydrogens is 182 g/mol. The minimum atomic E-state index is -0.0494. The Bertz CT molecular complexity index is 213. The van der Waals surface area contributed by atoms with Crippen LogP contribution in [0.4, 0.5) is 0 Å². The summed E-state index contributed by atoms with van der Waals surface area (Å²) in [7, 11) is 0. The zero-order valence-corrected chi connectivity index (χ0v) is 8.49. The number of esters is 1. The molecule has 4 heteroatoms. The fourth-order valence-corrected chi connectivity index (χ4v) is 2.01. The highest BCUT2D eigenvalue weighted by atomic mass is 16.5. The van der Waals surface area contributed by atoms with Crippen LogP contribution in [0, 0.1) is 11.8 Å². The van der Waals surface area contributed by atoms with E-state index in [1.807, 2.05) is 6.92 Å². The molecule has 3 atom stereocenters. The Balaban J connectivity index is 1.77. The lowest BCUT2D eigenvalue weighted by molar-refractivity contribution is -0.145. The summed E-state index contributed by atoms with van der Waals surface area (Å²) in [5.41, 5.74) is 0. The summed E-state index contributed by atoms with van der Waals surface area (Å²) in [6.07, 6.45) is 1.16. The van der Waals surface area contributed by atoms with Gasteiger partial charge in [0.15, 0.2) is 0 Å². The number of morpholine rings is 1. The molecule has 80 valence electrons. The summed E-state index contributed by atoms with van der Waals surface area (Å²) >= 11 is 0. The Morgan fingerprint density at radius 2 is 2.50 bits per heavy atom. The van der Waals surface area contributed by atoms with Gasteiger partial charge in [-0.1, -0.05) is 0 Å². The van der Waals surface area contributed by atoms with Gasteiger partial charge in [0.05, 0.1) is 25.2 Å². The van der Waals surface area contributed by atoms with E-state index in [1.165, 1.54) is 0 Å². The molecule has 2 fully saturated rings. The van der Waals surface area contributed by atoms with Gasteiger partial charge in [-0.05, 0) is 13.3 Å². The van der Waals surface area contributed by atoms with Gasteiger partial charge in [0.25, 0.3) is 0 Å². The Morgan fingerprint density at radius 3 is 3.14 bits per heavy atom. The average Bonchev–Trinajstić information content (AvgIpc) is 2.99. The fraction of sp³-hybridized carbons (Fsp3) is 0.900. The molecule has 1 saturated carbocycles. The SMILES string of the molecule is CCOC(=O)C1C[C@@H]1C1CNCCO1. The molecular formula is C10H17NO3. The van der Waals surface area contributed by atoms with Gasteiger partial charge in [-0.2, -0.15) is 0 Å². The minimum Gasteiger partial charge on any atom is -0.466 e. The molecule has 2 aliphatic rings. The number of carbonyl (C=O) groups is 1. The quantitative estimate of drug-likeness (QED) is 0.658. The van der Waals surface area contributed by atoms with Crippen LogP contribution in [0.3, 0.4) is 0 Å². The molecule has 0 aromatic carbocycles. The van der Waals surface area contributed by atoms with Crippen LogP contribution >= 0.6 is 0 Å². The molecule has 0 radical (unpaired) electrons. The lowest BCUT2D eigenvalue weighted by Gasteiger charge is -2.23. The topological polar surface area (TPSA) is 47.6 Å². The second-order valence-corrected chi connectivity index (χ2v) is 3.87. The highest BCUT2D eigenvalue weighted by molar-refractivity contribution is 5.75. The second kappa shape index (κ2) is 4.28. The molecule has 0 aromatic heterocycles. The molecule has 0 spiro atoms. The number of rotatable bonds is 3. The number of nitrogens with one attached hydrogen (secondary N) is 1. The van der Waals surface area contributed by atoms with E-state index in [0.717, 1.165) is 26.1 Å². The van der Waals surface area contributed by atoms with Gasteiger partial charge < -0.3 is 14.8 Å². The summed E-state index contributed by atoms with van der Waals surface area (Å²) in [4.78, 5) is 11.4. The van der Waals surface area contributed by atoms with E-state index in [1.54, 1.807) is 0 Å². The maximum atomic E-state index is 11.4. The maximum absolute atomic E-state index is 11.4. The monoisotopic (exact) mass is 199 g/mol. The van der Waals surface area contributed by atoms with Crippen LogP contribution in [0.1, 0.15) is 13.3 Å². The van der Waals surface area contributed by atoms with Gasteiger partial charge in [0, 0.05) is 19.0 Å². The van der Waals surface area contributed by atoms with E-state index in [4.69, 9.17) is 9.47 Å². The van der Waals surface area contributed by atoms with Gasteiger partial charge in [-0.25, -0.2) is 0 Å². The van der Waals surface area contributed by atoms with E-state index in [9.17, 15) is 4.79 Å². The molecule has 2 rings (SSSR count). The van der Waals surface area contributed by atoms with Crippen molar-refractivity contribution in [1.29, 1.82) is 0 Å². The van der Waals surface area contributed by atoms with Crippen molar-refractivity contribution in [3.05, 3.63) is 0 Å². The zero-order chi connectivity index (χ0) is 9.97. The first kappa shape index (κ1) is 9.93. The molecule has 0 aromatic rings. The highest BCUT2D eigenvalue weighted by Crippen LogP contribution is 2.43. The summed E-state index contributed by atoms with van der Waals surface area (Å²) in [6, 6.07) is 0. The molecule has 1 aliphatic heterocycles.